The monoisotopic (exact) mass is 460 g/mol. The minimum atomic E-state index is 0.0249. The van der Waals surface area contributed by atoms with E-state index in [1.807, 2.05) is 15.2 Å². The topological polar surface area (TPSA) is 74.8 Å². The van der Waals surface area contributed by atoms with Gasteiger partial charge in [-0.05, 0) is 57.8 Å². The van der Waals surface area contributed by atoms with Crippen molar-refractivity contribution in [1.82, 2.24) is 20.1 Å². The summed E-state index contributed by atoms with van der Waals surface area (Å²) in [7, 11) is 1.68. The summed E-state index contributed by atoms with van der Waals surface area (Å²) in [4.78, 5) is 34.0. The summed E-state index contributed by atoms with van der Waals surface area (Å²) in [5.41, 5.74) is 2.05. The number of aromatic nitrogens is 1. The molecule has 0 saturated carbocycles. The number of carbonyl (C=O) groups excluding carboxylic acids is 2. The average molecular weight is 461 g/mol. The summed E-state index contributed by atoms with van der Waals surface area (Å²) in [5.74, 6) is 0.350. The molecule has 0 spiro atoms. The van der Waals surface area contributed by atoms with Crippen LogP contribution < -0.4 is 5.32 Å². The van der Waals surface area contributed by atoms with Gasteiger partial charge in [0, 0.05) is 44.6 Å². The number of urea groups is 1. The fourth-order valence-corrected chi connectivity index (χ4v) is 6.06. The molecular weight excluding hydrogens is 424 g/mol. The molecule has 4 rings (SSSR count). The molecule has 1 aromatic rings. The van der Waals surface area contributed by atoms with Gasteiger partial charge in [0.25, 0.3) is 5.91 Å². The summed E-state index contributed by atoms with van der Waals surface area (Å²) >= 11 is 1.58. The number of rotatable bonds is 7. The Bertz CT molecular complexity index is 816. The Morgan fingerprint density at radius 3 is 2.78 bits per heavy atom. The molecule has 0 aromatic carbocycles. The van der Waals surface area contributed by atoms with Gasteiger partial charge in [-0.3, -0.25) is 4.79 Å². The molecule has 8 heteroatoms. The van der Waals surface area contributed by atoms with Crippen molar-refractivity contribution in [2.45, 2.75) is 69.7 Å². The smallest absolute Gasteiger partial charge is 0.317 e. The molecule has 0 bridgehead atoms. The SMILES string of the molecule is COCC1CCCN1C(=O)c1csc(C2CCN(C(=O)NCCC3=CCCCC3)CC2)n1. The highest BCUT2D eigenvalue weighted by atomic mass is 32.1. The van der Waals surface area contributed by atoms with Crippen LogP contribution in [0.3, 0.4) is 0 Å². The number of methoxy groups -OCH3 is 1. The van der Waals surface area contributed by atoms with Gasteiger partial charge < -0.3 is 19.9 Å². The number of amides is 3. The molecule has 3 aliphatic rings. The van der Waals surface area contributed by atoms with E-state index in [0.29, 0.717) is 18.2 Å². The predicted molar refractivity (Wildman–Crippen MR) is 126 cm³/mol. The zero-order chi connectivity index (χ0) is 22.3. The van der Waals surface area contributed by atoms with Gasteiger partial charge in [0.15, 0.2) is 0 Å². The van der Waals surface area contributed by atoms with Gasteiger partial charge in [-0.2, -0.15) is 0 Å². The predicted octanol–water partition coefficient (Wildman–Crippen LogP) is 4.17. The van der Waals surface area contributed by atoms with Crippen LogP contribution in [0.5, 0.6) is 0 Å². The van der Waals surface area contributed by atoms with E-state index in [1.165, 1.54) is 31.3 Å². The highest BCUT2D eigenvalue weighted by molar-refractivity contribution is 7.09. The second kappa shape index (κ2) is 11.3. The van der Waals surface area contributed by atoms with Gasteiger partial charge in [0.1, 0.15) is 5.69 Å². The third-order valence-electron chi connectivity index (χ3n) is 6.98. The molecule has 2 saturated heterocycles. The lowest BCUT2D eigenvalue weighted by atomic mass is 9.97. The molecule has 3 heterocycles. The summed E-state index contributed by atoms with van der Waals surface area (Å²) < 4.78 is 5.28. The van der Waals surface area contributed by atoms with Crippen LogP contribution in [0, 0.1) is 0 Å². The first-order valence-electron chi connectivity index (χ1n) is 12.1. The quantitative estimate of drug-likeness (QED) is 0.620. The van der Waals surface area contributed by atoms with Crippen LogP contribution in [0.25, 0.3) is 0 Å². The Balaban J connectivity index is 1.23. The fraction of sp³-hybridized carbons (Fsp3) is 0.708. The normalized spacial score (nSPS) is 22.2. The van der Waals surface area contributed by atoms with Gasteiger partial charge in [0.05, 0.1) is 17.7 Å². The van der Waals surface area contributed by atoms with E-state index in [-0.39, 0.29) is 18.0 Å². The van der Waals surface area contributed by atoms with Crippen LogP contribution in [-0.4, -0.2) is 72.7 Å². The number of hydrogen-bond donors (Lipinski definition) is 1. The van der Waals surface area contributed by atoms with Crippen LogP contribution in [0.2, 0.25) is 0 Å². The van der Waals surface area contributed by atoms with E-state index in [9.17, 15) is 9.59 Å². The van der Waals surface area contributed by atoms with Crippen molar-refractivity contribution in [3.8, 4) is 0 Å². The molecule has 1 atom stereocenters. The third kappa shape index (κ3) is 5.70. The number of carbonyl (C=O) groups is 2. The largest absolute Gasteiger partial charge is 0.383 e. The van der Waals surface area contributed by atoms with Crippen molar-refractivity contribution in [3.63, 3.8) is 0 Å². The number of allylic oxidation sites excluding steroid dienone is 1. The number of nitrogens with one attached hydrogen (secondary N) is 1. The zero-order valence-electron chi connectivity index (χ0n) is 19.2. The van der Waals surface area contributed by atoms with Crippen molar-refractivity contribution in [1.29, 1.82) is 0 Å². The first kappa shape index (κ1) is 23.2. The summed E-state index contributed by atoms with van der Waals surface area (Å²) in [6.45, 7) is 3.57. The van der Waals surface area contributed by atoms with Crippen LogP contribution in [0.4, 0.5) is 4.79 Å². The molecule has 32 heavy (non-hydrogen) atoms. The molecule has 1 aromatic heterocycles. The van der Waals surface area contributed by atoms with E-state index in [0.717, 1.165) is 63.3 Å². The van der Waals surface area contributed by atoms with Crippen molar-refractivity contribution in [2.24, 2.45) is 0 Å². The Morgan fingerprint density at radius 1 is 1.19 bits per heavy atom. The molecule has 3 amide bonds. The van der Waals surface area contributed by atoms with E-state index in [2.05, 4.69) is 11.4 Å². The second-order valence-electron chi connectivity index (χ2n) is 9.17. The molecule has 2 aliphatic heterocycles. The average Bonchev–Trinajstić information content (AvgIpc) is 3.50. The van der Waals surface area contributed by atoms with Crippen LogP contribution in [0.15, 0.2) is 17.0 Å². The van der Waals surface area contributed by atoms with Crippen LogP contribution in [0.1, 0.15) is 79.2 Å². The maximum atomic E-state index is 12.9. The number of ether oxygens (including phenoxy) is 1. The maximum absolute atomic E-state index is 12.9. The Labute approximate surface area is 195 Å². The van der Waals surface area contributed by atoms with Gasteiger partial charge in [-0.25, -0.2) is 9.78 Å². The minimum absolute atomic E-state index is 0.0249. The van der Waals surface area contributed by atoms with Gasteiger partial charge in [0.2, 0.25) is 0 Å². The number of hydrogen-bond acceptors (Lipinski definition) is 5. The lowest BCUT2D eigenvalue weighted by Gasteiger charge is -2.31. The molecule has 1 unspecified atom stereocenters. The highest BCUT2D eigenvalue weighted by Crippen LogP contribution is 2.31. The molecule has 7 nitrogen and oxygen atoms in total. The van der Waals surface area contributed by atoms with Gasteiger partial charge in [-0.15, -0.1) is 11.3 Å². The number of likely N-dealkylation sites (tertiary alicyclic amines) is 2. The van der Waals surface area contributed by atoms with Crippen molar-refractivity contribution in [3.05, 3.63) is 27.7 Å². The Kier molecular flexibility index (Phi) is 8.19. The lowest BCUT2D eigenvalue weighted by Crippen LogP contribution is -2.44. The van der Waals surface area contributed by atoms with Crippen molar-refractivity contribution in [2.75, 3.05) is 39.9 Å². The summed E-state index contributed by atoms with van der Waals surface area (Å²) in [5, 5.41) is 6.02. The van der Waals surface area contributed by atoms with E-state index in [4.69, 9.17) is 9.72 Å². The molecule has 1 N–H and O–H groups in total. The molecule has 1 aliphatic carbocycles. The second-order valence-corrected chi connectivity index (χ2v) is 10.1. The van der Waals surface area contributed by atoms with Crippen LogP contribution in [-0.2, 0) is 4.74 Å². The molecule has 0 radical (unpaired) electrons. The lowest BCUT2D eigenvalue weighted by molar-refractivity contribution is 0.0625. The van der Waals surface area contributed by atoms with E-state index in [1.54, 1.807) is 18.4 Å². The fourth-order valence-electron chi connectivity index (χ4n) is 5.09. The number of thiazole rings is 1. The van der Waals surface area contributed by atoms with E-state index >= 15 is 0 Å². The standard InChI is InChI=1S/C24H36N4O3S/c1-31-16-20-8-5-13-28(20)23(29)21-17-32-22(26-21)19-10-14-27(15-11-19)24(30)25-12-9-18-6-3-2-4-7-18/h6,17,19-20H,2-5,7-16H2,1H3,(H,25,30). The van der Waals surface area contributed by atoms with Crippen LogP contribution >= 0.6 is 11.3 Å². The molecular formula is C24H36N4O3S. The van der Waals surface area contributed by atoms with Crippen molar-refractivity contribution >= 4 is 23.3 Å². The minimum Gasteiger partial charge on any atom is -0.383 e. The highest BCUT2D eigenvalue weighted by Gasteiger charge is 2.32. The number of piperidine rings is 1. The Hall–Kier alpha value is -1.93. The van der Waals surface area contributed by atoms with E-state index < -0.39 is 0 Å². The first-order chi connectivity index (χ1) is 15.7. The third-order valence-corrected chi connectivity index (χ3v) is 7.98. The first-order valence-corrected chi connectivity index (χ1v) is 13.0. The number of nitrogens with zero attached hydrogens (tertiary/aromatic N) is 3. The summed E-state index contributed by atoms with van der Waals surface area (Å²) in [6.07, 6.45) is 12.1. The summed E-state index contributed by atoms with van der Waals surface area (Å²) in [6, 6.07) is 0.210. The van der Waals surface area contributed by atoms with Crippen molar-refractivity contribution < 1.29 is 14.3 Å². The molecule has 2 fully saturated rings. The van der Waals surface area contributed by atoms with Gasteiger partial charge >= 0.3 is 6.03 Å². The molecule has 176 valence electrons. The Morgan fingerprint density at radius 2 is 2.03 bits per heavy atom. The van der Waals surface area contributed by atoms with Gasteiger partial charge in [-0.1, -0.05) is 11.6 Å². The zero-order valence-corrected chi connectivity index (χ0v) is 20.0. The maximum Gasteiger partial charge on any atom is 0.317 e.